The van der Waals surface area contributed by atoms with E-state index in [0.717, 1.165) is 17.2 Å². The molecule has 6 heteroatoms. The molecule has 140 valence electrons. The van der Waals surface area contributed by atoms with Crippen LogP contribution in [-0.4, -0.2) is 19.8 Å². The molecule has 0 heterocycles. The zero-order chi connectivity index (χ0) is 19.3. The Bertz CT molecular complexity index is 951. The predicted molar refractivity (Wildman–Crippen MR) is 102 cm³/mol. The Morgan fingerprint density at radius 3 is 1.81 bits per heavy atom. The van der Waals surface area contributed by atoms with Gasteiger partial charge in [0.05, 0.1) is 12.0 Å². The Labute approximate surface area is 158 Å². The van der Waals surface area contributed by atoms with E-state index in [4.69, 9.17) is 4.74 Å². The van der Waals surface area contributed by atoms with Gasteiger partial charge in [0.2, 0.25) is 10.0 Å². The third-order valence-corrected chi connectivity index (χ3v) is 5.95. The number of hydrogen-bond donors (Lipinski definition) is 0. The molecule has 0 amide bonds. The van der Waals surface area contributed by atoms with E-state index in [2.05, 4.69) is 0 Å². The normalized spacial score (nSPS) is 11.5. The first-order chi connectivity index (χ1) is 13.0. The molecule has 0 radical (unpaired) electrons. The summed E-state index contributed by atoms with van der Waals surface area (Å²) in [6.45, 7) is 0.372. The lowest BCUT2D eigenvalue weighted by molar-refractivity contribution is 0.383. The largest absolute Gasteiger partial charge is 0.494 e. The molecule has 3 aromatic carbocycles. The highest BCUT2D eigenvalue weighted by molar-refractivity contribution is 7.89. The van der Waals surface area contributed by atoms with Crippen molar-refractivity contribution >= 4 is 10.0 Å². The van der Waals surface area contributed by atoms with Gasteiger partial charge >= 0.3 is 0 Å². The fourth-order valence-corrected chi connectivity index (χ4v) is 4.19. The van der Waals surface area contributed by atoms with Crippen LogP contribution in [0.25, 0.3) is 0 Å². The van der Waals surface area contributed by atoms with Crippen LogP contribution in [0.2, 0.25) is 0 Å². The van der Waals surface area contributed by atoms with Crippen molar-refractivity contribution < 1.29 is 17.5 Å². The van der Waals surface area contributed by atoms with Crippen molar-refractivity contribution in [3.63, 3.8) is 0 Å². The number of methoxy groups -OCH3 is 1. The summed E-state index contributed by atoms with van der Waals surface area (Å²) in [6, 6.07) is 22.3. The Hall–Kier alpha value is -2.70. The summed E-state index contributed by atoms with van der Waals surface area (Å²) < 4.78 is 46.7. The molecule has 3 rings (SSSR count). The van der Waals surface area contributed by atoms with Gasteiger partial charge in [0.1, 0.15) is 0 Å². The molecule has 0 aliphatic carbocycles. The lowest BCUT2D eigenvalue weighted by Crippen LogP contribution is -2.30. The van der Waals surface area contributed by atoms with Crippen LogP contribution in [0.15, 0.2) is 83.8 Å². The van der Waals surface area contributed by atoms with Crippen LogP contribution in [0.1, 0.15) is 11.1 Å². The van der Waals surface area contributed by atoms with Crippen molar-refractivity contribution in [2.45, 2.75) is 18.0 Å². The molecule has 4 nitrogen and oxygen atoms in total. The maximum atomic E-state index is 14.1. The van der Waals surface area contributed by atoms with E-state index in [1.807, 2.05) is 60.7 Å². The minimum Gasteiger partial charge on any atom is -0.494 e. The van der Waals surface area contributed by atoms with Crippen molar-refractivity contribution in [3.8, 4) is 5.75 Å². The topological polar surface area (TPSA) is 46.6 Å². The molecule has 0 bridgehead atoms. The first-order valence-corrected chi connectivity index (χ1v) is 9.86. The van der Waals surface area contributed by atoms with Crippen molar-refractivity contribution in [1.82, 2.24) is 4.31 Å². The number of halogens is 1. The lowest BCUT2D eigenvalue weighted by Gasteiger charge is -2.23. The quantitative estimate of drug-likeness (QED) is 0.612. The maximum Gasteiger partial charge on any atom is 0.243 e. The first kappa shape index (κ1) is 19.1. The molecule has 27 heavy (non-hydrogen) atoms. The summed E-state index contributed by atoms with van der Waals surface area (Å²) in [4.78, 5) is -0.104. The van der Waals surface area contributed by atoms with Crippen molar-refractivity contribution in [2.75, 3.05) is 7.11 Å². The van der Waals surface area contributed by atoms with Crippen LogP contribution < -0.4 is 4.74 Å². The van der Waals surface area contributed by atoms with Gasteiger partial charge in [-0.15, -0.1) is 0 Å². The molecule has 0 fully saturated rings. The number of ether oxygens (including phenoxy) is 1. The van der Waals surface area contributed by atoms with Gasteiger partial charge in [0.15, 0.2) is 11.6 Å². The van der Waals surface area contributed by atoms with Gasteiger partial charge in [-0.2, -0.15) is 4.31 Å². The summed E-state index contributed by atoms with van der Waals surface area (Å²) >= 11 is 0. The average Bonchev–Trinajstić information content (AvgIpc) is 2.69. The fourth-order valence-electron chi connectivity index (χ4n) is 2.76. The number of benzene rings is 3. The zero-order valence-electron chi connectivity index (χ0n) is 14.9. The third kappa shape index (κ3) is 4.53. The Balaban J connectivity index is 1.98. The van der Waals surface area contributed by atoms with E-state index in [-0.39, 0.29) is 23.7 Å². The summed E-state index contributed by atoms with van der Waals surface area (Å²) in [6.07, 6.45) is 0. The molecule has 0 spiro atoms. The second kappa shape index (κ2) is 8.33. The number of sulfonamides is 1. The lowest BCUT2D eigenvalue weighted by atomic mass is 10.2. The standard InChI is InChI=1S/C21H20FNO3S/c1-26-21-13-12-19(14-20(21)22)27(24,25)23(15-17-8-4-2-5-9-17)16-18-10-6-3-7-11-18/h2-14H,15-16H2,1H3. The van der Waals surface area contributed by atoms with E-state index in [9.17, 15) is 12.8 Å². The minimum atomic E-state index is -3.91. The van der Waals surface area contributed by atoms with Crippen LogP contribution >= 0.6 is 0 Å². The molecule has 0 N–H and O–H groups in total. The van der Waals surface area contributed by atoms with Crippen LogP contribution in [-0.2, 0) is 23.1 Å². The molecule has 0 unspecified atom stereocenters. The molecular weight excluding hydrogens is 365 g/mol. The SMILES string of the molecule is COc1ccc(S(=O)(=O)N(Cc2ccccc2)Cc2ccccc2)cc1F. The average molecular weight is 385 g/mol. The van der Waals surface area contributed by atoms with Crippen LogP contribution in [0.5, 0.6) is 5.75 Å². The minimum absolute atomic E-state index is 0.00613. The molecule has 0 atom stereocenters. The highest BCUT2D eigenvalue weighted by Crippen LogP contribution is 2.25. The fraction of sp³-hybridized carbons (Fsp3) is 0.143. The van der Waals surface area contributed by atoms with Crippen molar-refractivity contribution in [2.24, 2.45) is 0 Å². The van der Waals surface area contributed by atoms with Crippen LogP contribution in [0, 0.1) is 5.82 Å². The van der Waals surface area contributed by atoms with E-state index < -0.39 is 15.8 Å². The van der Waals surface area contributed by atoms with Crippen LogP contribution in [0.3, 0.4) is 0 Å². The number of rotatable bonds is 7. The maximum absolute atomic E-state index is 14.1. The van der Waals surface area contributed by atoms with Gasteiger partial charge in [0, 0.05) is 13.1 Å². The monoisotopic (exact) mass is 385 g/mol. The summed E-state index contributed by atoms with van der Waals surface area (Å²) in [5.74, 6) is -0.704. The predicted octanol–water partition coefficient (Wildman–Crippen LogP) is 4.23. The molecule has 0 aliphatic heterocycles. The number of hydrogen-bond acceptors (Lipinski definition) is 3. The van der Waals surface area contributed by atoms with E-state index in [1.54, 1.807) is 0 Å². The highest BCUT2D eigenvalue weighted by Gasteiger charge is 2.26. The van der Waals surface area contributed by atoms with Crippen molar-refractivity contribution in [3.05, 3.63) is 95.8 Å². The molecule has 0 aliphatic rings. The first-order valence-electron chi connectivity index (χ1n) is 8.42. The molecule has 0 aromatic heterocycles. The van der Waals surface area contributed by atoms with Crippen LogP contribution in [0.4, 0.5) is 4.39 Å². The van der Waals surface area contributed by atoms with Gasteiger partial charge < -0.3 is 4.74 Å². The van der Waals surface area contributed by atoms with Gasteiger partial charge in [-0.1, -0.05) is 60.7 Å². The molecule has 0 saturated carbocycles. The smallest absolute Gasteiger partial charge is 0.243 e. The van der Waals surface area contributed by atoms with Gasteiger partial charge in [0.25, 0.3) is 0 Å². The Kier molecular flexibility index (Phi) is 5.88. The highest BCUT2D eigenvalue weighted by atomic mass is 32.2. The molecule has 3 aromatic rings. The van der Waals surface area contributed by atoms with Gasteiger partial charge in [-0.25, -0.2) is 12.8 Å². The number of nitrogens with zero attached hydrogens (tertiary/aromatic N) is 1. The summed E-state index contributed by atoms with van der Waals surface area (Å²) in [7, 11) is -2.57. The second-order valence-electron chi connectivity index (χ2n) is 6.04. The van der Waals surface area contributed by atoms with E-state index >= 15 is 0 Å². The second-order valence-corrected chi connectivity index (χ2v) is 7.98. The third-order valence-electron chi connectivity index (χ3n) is 4.16. The summed E-state index contributed by atoms with van der Waals surface area (Å²) in [5, 5.41) is 0. The molecule has 0 saturated heterocycles. The Morgan fingerprint density at radius 2 is 1.37 bits per heavy atom. The summed E-state index contributed by atoms with van der Waals surface area (Å²) in [5.41, 5.74) is 1.71. The zero-order valence-corrected chi connectivity index (χ0v) is 15.7. The molecular formula is C21H20FNO3S. The van der Waals surface area contributed by atoms with E-state index in [0.29, 0.717) is 0 Å². The van der Waals surface area contributed by atoms with Gasteiger partial charge in [-0.3, -0.25) is 0 Å². The van der Waals surface area contributed by atoms with Crippen molar-refractivity contribution in [1.29, 1.82) is 0 Å². The van der Waals surface area contributed by atoms with Gasteiger partial charge in [-0.05, 0) is 29.3 Å². The Morgan fingerprint density at radius 1 is 0.852 bits per heavy atom. The van der Waals surface area contributed by atoms with E-state index in [1.165, 1.54) is 23.5 Å².